The number of fused-ring (bicyclic) bond motifs is 1. The van der Waals surface area contributed by atoms with Gasteiger partial charge in [-0.05, 0) is 29.8 Å². The van der Waals surface area contributed by atoms with Crippen molar-refractivity contribution in [1.82, 2.24) is 4.98 Å². The first-order valence-corrected chi connectivity index (χ1v) is 9.46. The number of para-hydroxylation sites is 1. The van der Waals surface area contributed by atoms with E-state index in [0.717, 1.165) is 5.56 Å². The zero-order chi connectivity index (χ0) is 19.7. The molecule has 2 amide bonds. The summed E-state index contributed by atoms with van der Waals surface area (Å²) in [6.45, 7) is 1.35. The molecule has 0 spiro atoms. The molecule has 1 aliphatic rings. The lowest BCUT2D eigenvalue weighted by Gasteiger charge is -2.09. The number of nitrogens with one attached hydrogen (secondary N) is 2. The van der Waals surface area contributed by atoms with Gasteiger partial charge < -0.3 is 10.1 Å². The predicted octanol–water partition coefficient (Wildman–Crippen LogP) is 3.85. The van der Waals surface area contributed by atoms with Crippen LogP contribution in [0.15, 0.2) is 47.8 Å². The smallest absolute Gasteiger partial charge is 0.267 e. The van der Waals surface area contributed by atoms with Crippen molar-refractivity contribution in [3.05, 3.63) is 59.2 Å². The van der Waals surface area contributed by atoms with Gasteiger partial charge in [-0.2, -0.15) is 0 Å². The van der Waals surface area contributed by atoms with E-state index in [1.165, 1.54) is 30.4 Å². The van der Waals surface area contributed by atoms with Crippen LogP contribution in [0.2, 0.25) is 0 Å². The summed E-state index contributed by atoms with van der Waals surface area (Å²) in [5.74, 6) is -0.367. The number of benzene rings is 2. The summed E-state index contributed by atoms with van der Waals surface area (Å²) in [6, 6.07) is 11.9. The first-order chi connectivity index (χ1) is 13.5. The monoisotopic (exact) mass is 397 g/mol. The number of amides is 2. The van der Waals surface area contributed by atoms with Gasteiger partial charge in [0.15, 0.2) is 11.2 Å². The van der Waals surface area contributed by atoms with E-state index in [1.807, 2.05) is 24.3 Å². The third-order valence-electron chi connectivity index (χ3n) is 4.24. The van der Waals surface area contributed by atoms with Crippen LogP contribution < -0.4 is 15.4 Å². The molecule has 2 aromatic carbocycles. The van der Waals surface area contributed by atoms with Crippen LogP contribution in [0.4, 0.5) is 15.2 Å². The minimum atomic E-state index is -0.613. The summed E-state index contributed by atoms with van der Waals surface area (Å²) in [5.41, 5.74) is 2.05. The summed E-state index contributed by atoms with van der Waals surface area (Å²) < 4.78 is 20.0. The van der Waals surface area contributed by atoms with Gasteiger partial charge in [-0.25, -0.2) is 9.37 Å². The van der Waals surface area contributed by atoms with E-state index in [9.17, 15) is 14.0 Å². The first kappa shape index (κ1) is 18.1. The molecule has 8 heteroatoms. The van der Waals surface area contributed by atoms with Crippen molar-refractivity contribution < 1.29 is 18.7 Å². The van der Waals surface area contributed by atoms with Crippen molar-refractivity contribution in [3.63, 3.8) is 0 Å². The van der Waals surface area contributed by atoms with Crippen molar-refractivity contribution in [2.75, 3.05) is 10.6 Å². The SMILES string of the molecule is CC(=O)Nc1ccc(-c2csc(NC(=O)[C@@H]3Cc4ccccc4O3)n2)c(F)c1. The number of aromatic nitrogens is 1. The quantitative estimate of drug-likeness (QED) is 0.701. The van der Waals surface area contributed by atoms with Crippen LogP contribution in [-0.4, -0.2) is 22.9 Å². The van der Waals surface area contributed by atoms with E-state index < -0.39 is 11.9 Å². The first-order valence-electron chi connectivity index (χ1n) is 8.58. The van der Waals surface area contributed by atoms with Crippen LogP contribution in [0.3, 0.4) is 0 Å². The number of halogens is 1. The number of carbonyl (C=O) groups excluding carboxylic acids is 2. The van der Waals surface area contributed by atoms with Gasteiger partial charge >= 0.3 is 0 Å². The molecule has 0 bridgehead atoms. The molecule has 0 fully saturated rings. The number of ether oxygens (including phenoxy) is 1. The highest BCUT2D eigenvalue weighted by molar-refractivity contribution is 7.14. The van der Waals surface area contributed by atoms with Crippen LogP contribution in [0, 0.1) is 5.82 Å². The number of anilines is 2. The molecule has 2 N–H and O–H groups in total. The molecule has 0 aliphatic carbocycles. The Morgan fingerprint density at radius 1 is 1.21 bits per heavy atom. The molecule has 0 saturated heterocycles. The summed E-state index contributed by atoms with van der Waals surface area (Å²) >= 11 is 1.20. The molecule has 1 aliphatic heterocycles. The fraction of sp³-hybridized carbons (Fsp3) is 0.150. The van der Waals surface area contributed by atoms with Gasteiger partial charge in [0.05, 0.1) is 5.69 Å². The van der Waals surface area contributed by atoms with Crippen LogP contribution in [0.25, 0.3) is 11.3 Å². The molecule has 28 heavy (non-hydrogen) atoms. The Hall–Kier alpha value is -3.26. The Kier molecular flexibility index (Phi) is 4.79. The van der Waals surface area contributed by atoms with E-state index in [4.69, 9.17) is 4.74 Å². The Morgan fingerprint density at radius 2 is 2.04 bits per heavy atom. The van der Waals surface area contributed by atoms with Gasteiger partial charge in [0, 0.05) is 30.0 Å². The highest BCUT2D eigenvalue weighted by atomic mass is 32.1. The summed E-state index contributed by atoms with van der Waals surface area (Å²) in [5, 5.41) is 7.29. The highest BCUT2D eigenvalue weighted by Gasteiger charge is 2.29. The molecule has 0 unspecified atom stereocenters. The maximum atomic E-state index is 14.4. The zero-order valence-electron chi connectivity index (χ0n) is 14.9. The van der Waals surface area contributed by atoms with E-state index in [1.54, 1.807) is 11.4 Å². The largest absolute Gasteiger partial charge is 0.480 e. The van der Waals surface area contributed by atoms with Crippen LogP contribution in [-0.2, 0) is 16.0 Å². The second-order valence-electron chi connectivity index (χ2n) is 6.32. The molecule has 1 atom stereocenters. The molecule has 6 nitrogen and oxygen atoms in total. The number of hydrogen-bond donors (Lipinski definition) is 2. The Bertz CT molecular complexity index is 1040. The van der Waals surface area contributed by atoms with E-state index >= 15 is 0 Å². The van der Waals surface area contributed by atoms with Crippen LogP contribution >= 0.6 is 11.3 Å². The average Bonchev–Trinajstić information content (AvgIpc) is 3.28. The molecular formula is C20H16FN3O3S. The Labute approximate surface area is 164 Å². The summed E-state index contributed by atoms with van der Waals surface area (Å²) in [4.78, 5) is 27.8. The Balaban J connectivity index is 1.45. The van der Waals surface area contributed by atoms with Gasteiger partial charge in [0.25, 0.3) is 5.91 Å². The Morgan fingerprint density at radius 3 is 2.79 bits per heavy atom. The van der Waals surface area contributed by atoms with Crippen molar-refractivity contribution in [2.45, 2.75) is 19.4 Å². The normalized spacial score (nSPS) is 14.9. The van der Waals surface area contributed by atoms with Crippen LogP contribution in [0.1, 0.15) is 12.5 Å². The lowest BCUT2D eigenvalue weighted by molar-refractivity contribution is -0.122. The number of carbonyl (C=O) groups is 2. The summed E-state index contributed by atoms with van der Waals surface area (Å²) in [7, 11) is 0. The van der Waals surface area contributed by atoms with Crippen molar-refractivity contribution >= 4 is 34.0 Å². The number of rotatable bonds is 4. The van der Waals surface area contributed by atoms with Gasteiger partial charge in [0.2, 0.25) is 5.91 Å². The third-order valence-corrected chi connectivity index (χ3v) is 5.00. The van der Waals surface area contributed by atoms with E-state index in [0.29, 0.717) is 28.7 Å². The van der Waals surface area contributed by atoms with Crippen molar-refractivity contribution in [3.8, 4) is 17.0 Å². The molecular weight excluding hydrogens is 381 g/mol. The van der Waals surface area contributed by atoms with Crippen molar-refractivity contribution in [2.24, 2.45) is 0 Å². The minimum absolute atomic E-state index is 0.276. The molecule has 142 valence electrons. The number of nitrogens with zero attached hydrogens (tertiary/aromatic N) is 1. The molecule has 4 rings (SSSR count). The topological polar surface area (TPSA) is 80.3 Å². The lowest BCUT2D eigenvalue weighted by atomic mass is 10.1. The molecule has 0 saturated carbocycles. The fourth-order valence-corrected chi connectivity index (χ4v) is 3.69. The van der Waals surface area contributed by atoms with Gasteiger partial charge in [-0.3, -0.25) is 14.9 Å². The molecule has 0 radical (unpaired) electrons. The predicted molar refractivity (Wildman–Crippen MR) is 105 cm³/mol. The maximum absolute atomic E-state index is 14.4. The second-order valence-corrected chi connectivity index (χ2v) is 7.18. The highest BCUT2D eigenvalue weighted by Crippen LogP contribution is 2.31. The summed E-state index contributed by atoms with van der Waals surface area (Å²) in [6.07, 6.45) is -0.113. The minimum Gasteiger partial charge on any atom is -0.480 e. The maximum Gasteiger partial charge on any atom is 0.267 e. The third kappa shape index (κ3) is 3.72. The average molecular weight is 397 g/mol. The fourth-order valence-electron chi connectivity index (χ4n) is 2.97. The molecule has 2 heterocycles. The number of thiazole rings is 1. The van der Waals surface area contributed by atoms with Gasteiger partial charge in [-0.1, -0.05) is 18.2 Å². The standard InChI is InChI=1S/C20H16FN3O3S/c1-11(25)22-13-6-7-14(15(21)9-13)16-10-28-20(23-16)24-19(26)18-8-12-4-2-3-5-17(12)27-18/h2-7,9-10,18H,8H2,1H3,(H,22,25)(H,23,24,26)/t18-/m0/s1. The van der Waals surface area contributed by atoms with Gasteiger partial charge in [-0.15, -0.1) is 11.3 Å². The molecule has 1 aromatic heterocycles. The molecule has 3 aromatic rings. The zero-order valence-corrected chi connectivity index (χ0v) is 15.7. The van der Waals surface area contributed by atoms with Crippen molar-refractivity contribution in [1.29, 1.82) is 0 Å². The van der Waals surface area contributed by atoms with Crippen LogP contribution in [0.5, 0.6) is 5.75 Å². The second kappa shape index (κ2) is 7.40. The lowest BCUT2D eigenvalue weighted by Crippen LogP contribution is -2.31. The van der Waals surface area contributed by atoms with Gasteiger partial charge in [0.1, 0.15) is 11.6 Å². The number of hydrogen-bond acceptors (Lipinski definition) is 5. The van der Waals surface area contributed by atoms with E-state index in [2.05, 4.69) is 15.6 Å². The van der Waals surface area contributed by atoms with E-state index in [-0.39, 0.29) is 17.4 Å².